The third kappa shape index (κ3) is 8.98. The predicted octanol–water partition coefficient (Wildman–Crippen LogP) is 6.95. The summed E-state index contributed by atoms with van der Waals surface area (Å²) < 4.78 is 18.5. The Bertz CT molecular complexity index is 1400. The van der Waals surface area contributed by atoms with Crippen LogP contribution in [0.5, 0.6) is 0 Å². The number of hydrogen-bond acceptors (Lipinski definition) is 7. The van der Waals surface area contributed by atoms with Gasteiger partial charge in [0.05, 0.1) is 21.7 Å². The number of thioether (sulfide) groups is 1. The van der Waals surface area contributed by atoms with Crippen molar-refractivity contribution in [1.29, 1.82) is 5.41 Å². The molecule has 1 aliphatic carbocycles. The fourth-order valence-corrected chi connectivity index (χ4v) is 4.29. The topological polar surface area (TPSA) is 96.9 Å². The largest absolute Gasteiger partial charge is 0.380 e. The molecular formula is C26H23ClFN5OS2. The van der Waals surface area contributed by atoms with Gasteiger partial charge in [0.1, 0.15) is 12.2 Å². The first-order chi connectivity index (χ1) is 17.4. The van der Waals surface area contributed by atoms with E-state index in [1.165, 1.54) is 23.7 Å². The highest BCUT2D eigenvalue weighted by molar-refractivity contribution is 8.16. The molecule has 0 saturated carbocycles. The summed E-state index contributed by atoms with van der Waals surface area (Å²) in [6, 6.07) is 9.37. The highest BCUT2D eigenvalue weighted by atomic mass is 35.5. The molecule has 0 amide bonds. The second kappa shape index (κ2) is 14.2. The summed E-state index contributed by atoms with van der Waals surface area (Å²) >= 11 is 8.64. The molecule has 184 valence electrons. The van der Waals surface area contributed by atoms with Crippen LogP contribution in [-0.4, -0.2) is 28.9 Å². The molecule has 4 N–H and O–H groups in total. The van der Waals surface area contributed by atoms with Gasteiger partial charge in [-0.15, -0.1) is 11.3 Å². The van der Waals surface area contributed by atoms with Gasteiger partial charge in [0.15, 0.2) is 11.0 Å². The fourth-order valence-electron chi connectivity index (χ4n) is 2.90. The van der Waals surface area contributed by atoms with E-state index in [0.29, 0.717) is 23.9 Å². The summed E-state index contributed by atoms with van der Waals surface area (Å²) in [4.78, 5) is 9.48. The number of aromatic nitrogens is 2. The van der Waals surface area contributed by atoms with Gasteiger partial charge in [-0.3, -0.25) is 5.41 Å². The van der Waals surface area contributed by atoms with Crippen molar-refractivity contribution in [1.82, 2.24) is 9.97 Å². The van der Waals surface area contributed by atoms with Crippen molar-refractivity contribution < 1.29 is 9.13 Å². The highest BCUT2D eigenvalue weighted by Gasteiger charge is 2.08. The van der Waals surface area contributed by atoms with E-state index in [2.05, 4.69) is 27.1 Å². The molecule has 1 aromatic carbocycles. The number of ether oxygens (including phenoxy) is 1. The Kier molecular flexibility index (Phi) is 10.7. The maximum absolute atomic E-state index is 12.7. The molecule has 0 aliphatic heterocycles. The fraction of sp³-hybridized carbons (Fsp3) is 0.115. The number of thiophene rings is 1. The molecule has 3 aromatic rings. The van der Waals surface area contributed by atoms with E-state index in [-0.39, 0.29) is 11.0 Å². The average Bonchev–Trinajstić information content (AvgIpc) is 3.15. The van der Waals surface area contributed by atoms with Gasteiger partial charge in [-0.2, -0.15) is 0 Å². The summed E-state index contributed by atoms with van der Waals surface area (Å²) in [5.41, 5.74) is 7.81. The van der Waals surface area contributed by atoms with Gasteiger partial charge in [0.25, 0.3) is 0 Å². The van der Waals surface area contributed by atoms with Crippen molar-refractivity contribution in [2.75, 3.05) is 19.0 Å². The summed E-state index contributed by atoms with van der Waals surface area (Å²) in [5, 5.41) is 12.7. The smallest absolute Gasteiger partial charge is 0.155 e. The van der Waals surface area contributed by atoms with Crippen LogP contribution in [0.4, 0.5) is 15.9 Å². The first-order valence-corrected chi connectivity index (χ1v) is 12.7. The molecule has 2 aromatic heterocycles. The van der Waals surface area contributed by atoms with Crippen molar-refractivity contribution in [3.8, 4) is 11.8 Å². The number of nitrogens with one attached hydrogen (secondary N) is 2. The molecule has 0 unspecified atom stereocenters. The zero-order valence-electron chi connectivity index (χ0n) is 19.3. The maximum Gasteiger partial charge on any atom is 0.155 e. The standard InChI is InChI=1S/C17H12ClN5S2.C9H11FO/c18-11-4-3-5-12(8-11)23-16-15-14(21-10-22-16)9-13(25-15)6-1-2-7-24-17(19)20;1-11-7-8-4-2-3-5-9(10)6-8/h2-5,7-10H,(H3,19,20)(H,21,22,23);2,4-6H,3,7H2,1H3/b7-2+;. The van der Waals surface area contributed by atoms with Gasteiger partial charge in [-0.1, -0.05) is 53.4 Å². The van der Waals surface area contributed by atoms with E-state index < -0.39 is 0 Å². The number of amidine groups is 1. The molecule has 2 heterocycles. The monoisotopic (exact) mass is 539 g/mol. The lowest BCUT2D eigenvalue weighted by molar-refractivity contribution is 0.228. The van der Waals surface area contributed by atoms with Crippen LogP contribution in [0.1, 0.15) is 11.3 Å². The molecule has 0 saturated heterocycles. The second-order valence-corrected chi connectivity index (χ2v) is 9.55. The first kappa shape index (κ1) is 27.2. The number of benzene rings is 1. The van der Waals surface area contributed by atoms with Crippen LogP contribution < -0.4 is 11.1 Å². The Hall–Kier alpha value is -3.42. The van der Waals surface area contributed by atoms with E-state index in [1.807, 2.05) is 42.5 Å². The quantitative estimate of drug-likeness (QED) is 0.184. The molecular weight excluding hydrogens is 517 g/mol. The minimum atomic E-state index is -0.179. The number of nitrogens with two attached hydrogens (primary N) is 1. The Morgan fingerprint density at radius 2 is 2.25 bits per heavy atom. The van der Waals surface area contributed by atoms with Crippen LogP contribution in [0, 0.1) is 17.3 Å². The van der Waals surface area contributed by atoms with Gasteiger partial charge in [-0.05, 0) is 59.9 Å². The van der Waals surface area contributed by atoms with Gasteiger partial charge < -0.3 is 15.8 Å². The van der Waals surface area contributed by atoms with Crippen molar-refractivity contribution in [3.63, 3.8) is 0 Å². The Balaban J connectivity index is 0.000000275. The molecule has 36 heavy (non-hydrogen) atoms. The van der Waals surface area contributed by atoms with E-state index in [0.717, 1.165) is 38.1 Å². The van der Waals surface area contributed by atoms with Crippen molar-refractivity contribution >= 4 is 61.6 Å². The molecule has 0 radical (unpaired) electrons. The van der Waals surface area contributed by atoms with Gasteiger partial charge >= 0.3 is 0 Å². The van der Waals surface area contributed by atoms with Crippen LogP contribution in [0.3, 0.4) is 0 Å². The molecule has 0 fully saturated rings. The van der Waals surface area contributed by atoms with Crippen LogP contribution >= 0.6 is 34.7 Å². The van der Waals surface area contributed by atoms with E-state index in [1.54, 1.807) is 24.7 Å². The summed E-state index contributed by atoms with van der Waals surface area (Å²) in [6.45, 7) is 0.470. The second-order valence-electron chi connectivity index (χ2n) is 7.12. The summed E-state index contributed by atoms with van der Waals surface area (Å²) in [7, 11) is 1.60. The molecule has 0 spiro atoms. The Morgan fingerprint density at radius 3 is 3.03 bits per heavy atom. The van der Waals surface area contributed by atoms with Crippen molar-refractivity contribution in [3.05, 3.63) is 93.7 Å². The molecule has 4 rings (SSSR count). The number of rotatable bonds is 5. The zero-order valence-corrected chi connectivity index (χ0v) is 21.7. The minimum Gasteiger partial charge on any atom is -0.380 e. The number of hydrogen-bond donors (Lipinski definition) is 3. The summed E-state index contributed by atoms with van der Waals surface area (Å²) in [6.07, 6.45) is 10.7. The van der Waals surface area contributed by atoms with E-state index in [9.17, 15) is 4.39 Å². The molecule has 6 nitrogen and oxygen atoms in total. The van der Waals surface area contributed by atoms with E-state index in [4.69, 9.17) is 27.5 Å². The molecule has 10 heteroatoms. The number of methoxy groups -OCH3 is 1. The predicted molar refractivity (Wildman–Crippen MR) is 151 cm³/mol. The number of anilines is 2. The lowest BCUT2D eigenvalue weighted by Gasteiger charge is -2.06. The number of halogens is 2. The molecule has 1 aliphatic rings. The normalized spacial score (nSPS) is 12.6. The Labute approximate surface area is 222 Å². The number of nitrogens with zero attached hydrogens (tertiary/aromatic N) is 2. The minimum absolute atomic E-state index is 0.0342. The average molecular weight is 540 g/mol. The first-order valence-electron chi connectivity index (χ1n) is 10.6. The van der Waals surface area contributed by atoms with Gasteiger partial charge in [-0.25, -0.2) is 14.4 Å². The number of fused-ring (bicyclic) bond motifs is 1. The summed E-state index contributed by atoms with van der Waals surface area (Å²) in [5.74, 6) is 6.50. The van der Waals surface area contributed by atoms with Crippen LogP contribution in [-0.2, 0) is 4.74 Å². The molecule has 0 bridgehead atoms. The van der Waals surface area contributed by atoms with Crippen LogP contribution in [0.15, 0.2) is 83.8 Å². The lowest BCUT2D eigenvalue weighted by Crippen LogP contribution is -2.00. The van der Waals surface area contributed by atoms with E-state index >= 15 is 0 Å². The van der Waals surface area contributed by atoms with Crippen LogP contribution in [0.2, 0.25) is 5.02 Å². The third-order valence-corrected chi connectivity index (χ3v) is 6.16. The highest BCUT2D eigenvalue weighted by Crippen LogP contribution is 2.31. The number of allylic oxidation sites excluding steroid dienone is 5. The van der Waals surface area contributed by atoms with Crippen molar-refractivity contribution in [2.24, 2.45) is 5.73 Å². The van der Waals surface area contributed by atoms with Gasteiger partial charge in [0, 0.05) is 17.8 Å². The zero-order chi connectivity index (χ0) is 25.8. The SMILES string of the molecule is COCC1=CC(F)=CCC=C1.N=C(N)S/C=C/C#Cc1cc2ncnc(Nc3cccc(Cl)c3)c2s1. The third-order valence-electron chi connectivity index (χ3n) is 4.36. The maximum atomic E-state index is 12.7. The molecule has 0 atom stereocenters. The lowest BCUT2D eigenvalue weighted by atomic mass is 10.2. The van der Waals surface area contributed by atoms with Crippen molar-refractivity contribution in [2.45, 2.75) is 6.42 Å². The van der Waals surface area contributed by atoms with Crippen LogP contribution in [0.25, 0.3) is 10.2 Å². The Morgan fingerprint density at radius 1 is 1.39 bits per heavy atom. The van der Waals surface area contributed by atoms with Gasteiger partial charge in [0.2, 0.25) is 0 Å².